The summed E-state index contributed by atoms with van der Waals surface area (Å²) in [7, 11) is 1.49. The molecule has 0 aliphatic heterocycles. The van der Waals surface area contributed by atoms with Crippen LogP contribution in [0.3, 0.4) is 0 Å². The second kappa shape index (κ2) is 5.76. The smallest absolute Gasteiger partial charge is 0.368 e. The Labute approximate surface area is 125 Å². The van der Waals surface area contributed by atoms with E-state index in [1.54, 1.807) is 6.07 Å². The minimum Gasteiger partial charge on any atom is -0.471 e. The summed E-state index contributed by atoms with van der Waals surface area (Å²) in [6.45, 7) is 2.22. The molecule has 3 rings (SSSR count). The molecule has 0 aromatic carbocycles. The number of aryl methyl sites for hydroxylation is 1. The van der Waals surface area contributed by atoms with Gasteiger partial charge in [-0.15, -0.1) is 5.10 Å². The van der Waals surface area contributed by atoms with Gasteiger partial charge in [0.25, 0.3) is 5.95 Å². The summed E-state index contributed by atoms with van der Waals surface area (Å²) < 4.78 is 25.7. The molecule has 0 unspecified atom stereocenters. The number of hydrogen-bond donors (Lipinski definition) is 1. The minimum absolute atomic E-state index is 0.0290. The molecule has 0 aliphatic rings. The molecule has 10 nitrogen and oxygen atoms in total. The normalized spacial score (nSPS) is 11.5. The number of furan rings is 1. The number of nitrogens with zero attached hydrogens (tertiary/aromatic N) is 5. The lowest BCUT2D eigenvalue weighted by molar-refractivity contribution is 0.237. The van der Waals surface area contributed by atoms with Crippen molar-refractivity contribution >= 4 is 0 Å². The van der Waals surface area contributed by atoms with Gasteiger partial charge in [-0.3, -0.25) is 5.09 Å². The Balaban J connectivity index is 1.94. The number of rotatable bonds is 6. The van der Waals surface area contributed by atoms with Gasteiger partial charge >= 0.3 is 5.69 Å². The van der Waals surface area contributed by atoms with Crippen molar-refractivity contribution in [2.45, 2.75) is 13.5 Å². The van der Waals surface area contributed by atoms with Crippen LogP contribution in [-0.4, -0.2) is 36.6 Å². The van der Waals surface area contributed by atoms with Crippen molar-refractivity contribution in [1.29, 1.82) is 0 Å². The van der Waals surface area contributed by atoms with Gasteiger partial charge in [0.2, 0.25) is 5.88 Å². The maximum Gasteiger partial charge on any atom is 0.368 e. The SMILES string of the molecule is [3H]n1ccc(OCc2c(-n3nnn(C)c3=O)coc2OCC)n1. The number of nitrogens with one attached hydrogen (secondary N) is 1. The molecule has 116 valence electrons. The quantitative estimate of drug-likeness (QED) is 0.694. The summed E-state index contributed by atoms with van der Waals surface area (Å²) in [6, 6.07) is 1.54. The average molecular weight is 308 g/mol. The molecule has 0 radical (unpaired) electrons. The van der Waals surface area contributed by atoms with Crippen LogP contribution in [0.2, 0.25) is 1.41 Å². The molecule has 0 fully saturated rings. The standard InChI is InChI=1S/C12H14N6O4/c1-3-20-11-8(6-21-10-4-5-13-14-10)9(7-22-11)18-12(19)17(2)15-16-18/h4-5,7H,3,6H2,1-2H3,(H,13,14)/i/hT. The van der Waals surface area contributed by atoms with Crippen molar-refractivity contribution in [2.24, 2.45) is 7.05 Å². The molecule has 0 amide bonds. The van der Waals surface area contributed by atoms with Crippen molar-refractivity contribution in [3.05, 3.63) is 34.6 Å². The van der Waals surface area contributed by atoms with Gasteiger partial charge in [-0.05, 0) is 17.4 Å². The van der Waals surface area contributed by atoms with Crippen molar-refractivity contribution in [3.8, 4) is 17.5 Å². The number of tetrazole rings is 1. The number of aromatic amines is 1. The van der Waals surface area contributed by atoms with Crippen LogP contribution < -0.4 is 15.2 Å². The van der Waals surface area contributed by atoms with Crippen LogP contribution in [0.1, 0.15) is 12.5 Å². The summed E-state index contributed by atoms with van der Waals surface area (Å²) in [5.41, 5.74) is 0.441. The first-order chi connectivity index (χ1) is 11.1. The maximum absolute atomic E-state index is 12.0. The first-order valence-corrected chi connectivity index (χ1v) is 6.50. The van der Waals surface area contributed by atoms with E-state index >= 15 is 0 Å². The van der Waals surface area contributed by atoms with Crippen molar-refractivity contribution in [3.63, 3.8) is 0 Å². The predicted octanol–water partition coefficient (Wildman–Crippen LogP) is 0.260. The van der Waals surface area contributed by atoms with E-state index in [0.29, 0.717) is 17.9 Å². The molecule has 0 spiro atoms. The monoisotopic (exact) mass is 308 g/mol. The Morgan fingerprint density at radius 2 is 2.32 bits per heavy atom. The molecular weight excluding hydrogens is 292 g/mol. The molecule has 0 saturated carbocycles. The molecule has 10 heteroatoms. The van der Waals surface area contributed by atoms with E-state index in [4.69, 9.17) is 15.3 Å². The zero-order chi connectivity index (χ0) is 16.4. The molecule has 0 aliphatic carbocycles. The van der Waals surface area contributed by atoms with Gasteiger partial charge < -0.3 is 13.9 Å². The predicted molar refractivity (Wildman–Crippen MR) is 73.0 cm³/mol. The third-order valence-corrected chi connectivity index (χ3v) is 2.86. The largest absolute Gasteiger partial charge is 0.471 e. The van der Waals surface area contributed by atoms with E-state index in [0.717, 1.165) is 14.5 Å². The lowest BCUT2D eigenvalue weighted by Crippen LogP contribution is -2.22. The minimum atomic E-state index is -0.425. The second-order valence-electron chi connectivity index (χ2n) is 4.27. The van der Waals surface area contributed by atoms with Crippen LogP contribution in [0.5, 0.6) is 11.8 Å². The highest BCUT2D eigenvalue weighted by molar-refractivity contribution is 5.43. The fourth-order valence-corrected chi connectivity index (χ4v) is 1.83. The highest BCUT2D eigenvalue weighted by Crippen LogP contribution is 2.28. The van der Waals surface area contributed by atoms with Gasteiger partial charge in [-0.25, -0.2) is 4.79 Å². The summed E-state index contributed by atoms with van der Waals surface area (Å²) in [6.07, 6.45) is 2.78. The average Bonchev–Trinajstić information content (AvgIpc) is 3.20. The second-order valence-corrected chi connectivity index (χ2v) is 4.27. The van der Waals surface area contributed by atoms with Crippen molar-refractivity contribution in [2.75, 3.05) is 6.61 Å². The van der Waals surface area contributed by atoms with Crippen LogP contribution in [0.15, 0.2) is 27.7 Å². The van der Waals surface area contributed by atoms with Crippen LogP contribution in [0.25, 0.3) is 5.69 Å². The first-order valence-electron chi connectivity index (χ1n) is 6.95. The third kappa shape index (κ3) is 2.45. The summed E-state index contributed by atoms with van der Waals surface area (Å²) >= 11 is 0. The van der Waals surface area contributed by atoms with E-state index < -0.39 is 5.69 Å². The molecular formula is C12H14N6O4. The Morgan fingerprint density at radius 3 is 2.95 bits per heavy atom. The lowest BCUT2D eigenvalue weighted by atomic mass is 10.3. The fraction of sp³-hybridized carbons (Fsp3) is 0.333. The maximum atomic E-state index is 12.0. The molecule has 22 heavy (non-hydrogen) atoms. The number of H-pyrrole nitrogens is 1. The Morgan fingerprint density at radius 1 is 1.45 bits per heavy atom. The Bertz CT molecular complexity index is 863. The van der Waals surface area contributed by atoms with Gasteiger partial charge in [-0.1, -0.05) is 0 Å². The summed E-state index contributed by atoms with van der Waals surface area (Å²) in [4.78, 5) is 12.0. The Kier molecular flexibility index (Phi) is 3.32. The van der Waals surface area contributed by atoms with Gasteiger partial charge in [0.15, 0.2) is 1.41 Å². The van der Waals surface area contributed by atoms with E-state index in [1.165, 1.54) is 19.5 Å². The molecule has 0 saturated heterocycles. The third-order valence-electron chi connectivity index (χ3n) is 2.86. The van der Waals surface area contributed by atoms with Crippen molar-refractivity contribution in [1.82, 2.24) is 30.0 Å². The van der Waals surface area contributed by atoms with Gasteiger partial charge in [0, 0.05) is 19.3 Å². The zero-order valence-electron chi connectivity index (χ0n) is 13.0. The van der Waals surface area contributed by atoms with Crippen LogP contribution >= 0.6 is 0 Å². The molecule has 0 atom stereocenters. The highest BCUT2D eigenvalue weighted by Gasteiger charge is 2.21. The van der Waals surface area contributed by atoms with E-state index in [-0.39, 0.29) is 18.4 Å². The van der Waals surface area contributed by atoms with Crippen molar-refractivity contribution < 1.29 is 15.3 Å². The summed E-state index contributed by atoms with van der Waals surface area (Å²) in [5.74, 6) is 0.492. The zero-order valence-corrected chi connectivity index (χ0v) is 12.0. The van der Waals surface area contributed by atoms with Crippen LogP contribution in [-0.2, 0) is 13.7 Å². The van der Waals surface area contributed by atoms with E-state index in [2.05, 4.69) is 15.5 Å². The highest BCUT2D eigenvalue weighted by atomic mass is 16.6. The van der Waals surface area contributed by atoms with Gasteiger partial charge in [-0.2, -0.15) is 9.36 Å². The molecule has 3 aromatic rings. The van der Waals surface area contributed by atoms with Gasteiger partial charge in [0.05, 0.1) is 12.2 Å². The lowest BCUT2D eigenvalue weighted by Gasteiger charge is -2.05. The number of aromatic nitrogens is 6. The summed E-state index contributed by atoms with van der Waals surface area (Å²) in [5, 5.41) is 12.1. The topological polar surface area (TPSA) is 113 Å². The molecule has 0 bridgehead atoms. The Hall–Kier alpha value is -3.04. The fourth-order valence-electron chi connectivity index (χ4n) is 1.83. The van der Waals surface area contributed by atoms with E-state index in [9.17, 15) is 4.79 Å². The van der Waals surface area contributed by atoms with Crippen LogP contribution in [0, 0.1) is 0 Å². The number of ether oxygens (including phenoxy) is 2. The van der Waals surface area contributed by atoms with Gasteiger partial charge in [0.1, 0.15) is 18.6 Å². The number of hydrogen-bond acceptors (Lipinski definition) is 7. The molecule has 3 aromatic heterocycles. The van der Waals surface area contributed by atoms with Crippen LogP contribution in [0.4, 0.5) is 0 Å². The van der Waals surface area contributed by atoms with E-state index in [1.807, 2.05) is 6.92 Å². The molecule has 3 heterocycles. The first kappa shape index (κ1) is 12.7. The molecule has 1 N–H and O–H groups in total.